The summed E-state index contributed by atoms with van der Waals surface area (Å²) < 4.78 is 14.2. The number of rotatable bonds is 4. The van der Waals surface area contributed by atoms with Crippen molar-refractivity contribution in [2.75, 3.05) is 31.1 Å². The third-order valence-corrected chi connectivity index (χ3v) is 4.32. The van der Waals surface area contributed by atoms with Gasteiger partial charge in [-0.2, -0.15) is 0 Å². The number of amides is 1. The van der Waals surface area contributed by atoms with E-state index in [4.69, 9.17) is 0 Å². The monoisotopic (exact) mass is 306 g/mol. The van der Waals surface area contributed by atoms with Gasteiger partial charge in [0.1, 0.15) is 5.82 Å². The molecule has 0 radical (unpaired) electrons. The third-order valence-electron chi connectivity index (χ3n) is 4.32. The van der Waals surface area contributed by atoms with E-state index in [1.54, 1.807) is 12.1 Å². The molecular weight excluding hydrogens is 283 g/mol. The Bertz CT molecular complexity index is 566. The molecule has 5 heteroatoms. The smallest absolute Gasteiger partial charge is 0.225 e. The second-order valence-electron chi connectivity index (χ2n) is 5.84. The molecule has 4 nitrogen and oxygen atoms in total. The van der Waals surface area contributed by atoms with Crippen molar-refractivity contribution in [2.24, 2.45) is 5.92 Å². The number of hydrogen-bond donors (Lipinski definition) is 0. The summed E-state index contributed by atoms with van der Waals surface area (Å²) in [5.74, 6) is -0.309. The van der Waals surface area contributed by atoms with E-state index < -0.39 is 0 Å². The van der Waals surface area contributed by atoms with Crippen molar-refractivity contribution < 1.29 is 14.0 Å². The van der Waals surface area contributed by atoms with Crippen molar-refractivity contribution in [1.82, 2.24) is 4.90 Å². The van der Waals surface area contributed by atoms with E-state index in [9.17, 15) is 14.0 Å². The highest BCUT2D eigenvalue weighted by atomic mass is 19.1. The molecule has 2 rings (SSSR count). The highest BCUT2D eigenvalue weighted by Crippen LogP contribution is 2.23. The van der Waals surface area contributed by atoms with Crippen LogP contribution in [0.4, 0.5) is 10.1 Å². The molecule has 0 aromatic heterocycles. The topological polar surface area (TPSA) is 40.6 Å². The van der Waals surface area contributed by atoms with Crippen LogP contribution in [0.5, 0.6) is 0 Å². The quantitative estimate of drug-likeness (QED) is 0.803. The van der Waals surface area contributed by atoms with E-state index in [0.29, 0.717) is 37.4 Å². The number of Topliss-reactive ketones (excluding diaryl/α,β-unsaturated/α-hetero) is 1. The molecule has 1 aliphatic heterocycles. The standard InChI is InChI=1S/C17H23FN2O2/c1-4-12(2)17(22)20-9-7-19(8-10-20)16-6-5-14(13(3)21)11-15(16)18/h5-6,11-12H,4,7-10H2,1-3H3. The Labute approximate surface area is 130 Å². The van der Waals surface area contributed by atoms with Crippen LogP contribution in [0, 0.1) is 11.7 Å². The minimum Gasteiger partial charge on any atom is -0.366 e. The molecule has 22 heavy (non-hydrogen) atoms. The Morgan fingerprint density at radius 2 is 1.86 bits per heavy atom. The van der Waals surface area contributed by atoms with Crippen LogP contribution in [0.3, 0.4) is 0 Å². The van der Waals surface area contributed by atoms with E-state index in [2.05, 4.69) is 0 Å². The Kier molecular flexibility index (Phi) is 5.16. The van der Waals surface area contributed by atoms with Gasteiger partial charge in [0, 0.05) is 37.7 Å². The van der Waals surface area contributed by atoms with Crippen molar-refractivity contribution in [2.45, 2.75) is 27.2 Å². The van der Waals surface area contributed by atoms with E-state index in [-0.39, 0.29) is 23.4 Å². The van der Waals surface area contributed by atoms with Crippen molar-refractivity contribution in [3.63, 3.8) is 0 Å². The Morgan fingerprint density at radius 1 is 1.23 bits per heavy atom. The zero-order chi connectivity index (χ0) is 16.3. The number of ketones is 1. The lowest BCUT2D eigenvalue weighted by molar-refractivity contribution is -0.135. The number of piperazine rings is 1. The number of carbonyl (C=O) groups is 2. The molecule has 0 saturated carbocycles. The number of benzene rings is 1. The van der Waals surface area contributed by atoms with E-state index in [1.807, 2.05) is 23.6 Å². The van der Waals surface area contributed by atoms with Gasteiger partial charge >= 0.3 is 0 Å². The lowest BCUT2D eigenvalue weighted by Gasteiger charge is -2.37. The van der Waals surface area contributed by atoms with Crippen LogP contribution >= 0.6 is 0 Å². The van der Waals surface area contributed by atoms with Gasteiger partial charge in [-0.1, -0.05) is 13.8 Å². The van der Waals surface area contributed by atoms with Crippen LogP contribution in [0.25, 0.3) is 0 Å². The fourth-order valence-electron chi connectivity index (χ4n) is 2.64. The van der Waals surface area contributed by atoms with Gasteiger partial charge in [-0.3, -0.25) is 9.59 Å². The van der Waals surface area contributed by atoms with Crippen molar-refractivity contribution in [1.29, 1.82) is 0 Å². The molecule has 0 N–H and O–H groups in total. The van der Waals surface area contributed by atoms with E-state index in [0.717, 1.165) is 6.42 Å². The van der Waals surface area contributed by atoms with Gasteiger partial charge in [0.2, 0.25) is 5.91 Å². The first-order chi connectivity index (χ1) is 10.4. The maximum atomic E-state index is 14.2. The summed E-state index contributed by atoms with van der Waals surface area (Å²) in [6.07, 6.45) is 0.834. The summed E-state index contributed by atoms with van der Waals surface area (Å²) in [5.41, 5.74) is 0.882. The minimum absolute atomic E-state index is 0.0399. The summed E-state index contributed by atoms with van der Waals surface area (Å²) in [6.45, 7) is 7.80. The predicted octanol–water partition coefficient (Wildman–Crippen LogP) is 2.72. The molecule has 1 atom stereocenters. The van der Waals surface area contributed by atoms with Crippen molar-refractivity contribution >= 4 is 17.4 Å². The minimum atomic E-state index is -0.380. The largest absolute Gasteiger partial charge is 0.366 e. The maximum absolute atomic E-state index is 14.2. The Balaban J connectivity index is 2.03. The molecule has 1 aromatic rings. The van der Waals surface area contributed by atoms with Crippen LogP contribution in [0.1, 0.15) is 37.6 Å². The molecule has 1 aromatic carbocycles. The van der Waals surface area contributed by atoms with Crippen molar-refractivity contribution in [3.8, 4) is 0 Å². The highest BCUT2D eigenvalue weighted by molar-refractivity contribution is 5.94. The van der Waals surface area contributed by atoms with Crippen LogP contribution in [-0.4, -0.2) is 42.8 Å². The molecule has 1 fully saturated rings. The third kappa shape index (κ3) is 3.46. The van der Waals surface area contributed by atoms with Gasteiger partial charge in [0.15, 0.2) is 5.78 Å². The van der Waals surface area contributed by atoms with Crippen LogP contribution in [0.15, 0.2) is 18.2 Å². The fourth-order valence-corrected chi connectivity index (χ4v) is 2.64. The first kappa shape index (κ1) is 16.5. The second-order valence-corrected chi connectivity index (χ2v) is 5.84. The number of carbonyl (C=O) groups excluding carboxylic acids is 2. The van der Waals surface area contributed by atoms with Gasteiger partial charge in [-0.25, -0.2) is 4.39 Å². The number of hydrogen-bond acceptors (Lipinski definition) is 3. The second kappa shape index (κ2) is 6.90. The highest BCUT2D eigenvalue weighted by Gasteiger charge is 2.25. The zero-order valence-corrected chi connectivity index (χ0v) is 13.4. The molecule has 0 bridgehead atoms. The lowest BCUT2D eigenvalue weighted by Crippen LogP contribution is -2.50. The summed E-state index contributed by atoms with van der Waals surface area (Å²) in [7, 11) is 0. The molecule has 0 spiro atoms. The maximum Gasteiger partial charge on any atom is 0.225 e. The first-order valence-electron chi connectivity index (χ1n) is 7.78. The number of nitrogens with zero attached hydrogens (tertiary/aromatic N) is 2. The molecule has 1 saturated heterocycles. The summed E-state index contributed by atoms with van der Waals surface area (Å²) >= 11 is 0. The van der Waals surface area contributed by atoms with Gasteiger partial charge in [-0.05, 0) is 31.5 Å². The number of anilines is 1. The van der Waals surface area contributed by atoms with Crippen molar-refractivity contribution in [3.05, 3.63) is 29.6 Å². The molecular formula is C17H23FN2O2. The van der Waals surface area contributed by atoms with Gasteiger partial charge < -0.3 is 9.80 Å². The van der Waals surface area contributed by atoms with Gasteiger partial charge in [-0.15, -0.1) is 0 Å². The van der Waals surface area contributed by atoms with Gasteiger partial charge in [0.05, 0.1) is 5.69 Å². The molecule has 1 unspecified atom stereocenters. The molecule has 1 heterocycles. The van der Waals surface area contributed by atoms with Gasteiger partial charge in [0.25, 0.3) is 0 Å². The predicted molar refractivity (Wildman–Crippen MR) is 84.7 cm³/mol. The van der Waals surface area contributed by atoms with Crippen LogP contribution in [-0.2, 0) is 4.79 Å². The fraction of sp³-hybridized carbons (Fsp3) is 0.529. The SMILES string of the molecule is CCC(C)C(=O)N1CCN(c2ccc(C(C)=O)cc2F)CC1. The average molecular weight is 306 g/mol. The van der Waals surface area contributed by atoms with E-state index in [1.165, 1.54) is 13.0 Å². The lowest BCUT2D eigenvalue weighted by atomic mass is 10.1. The molecule has 1 aliphatic rings. The van der Waals surface area contributed by atoms with Crippen LogP contribution in [0.2, 0.25) is 0 Å². The Morgan fingerprint density at radius 3 is 2.36 bits per heavy atom. The molecule has 1 amide bonds. The average Bonchev–Trinajstić information content (AvgIpc) is 2.53. The summed E-state index contributed by atoms with van der Waals surface area (Å²) in [5, 5.41) is 0. The van der Waals surface area contributed by atoms with E-state index >= 15 is 0 Å². The summed E-state index contributed by atoms with van der Waals surface area (Å²) in [6, 6.07) is 4.59. The van der Waals surface area contributed by atoms with Crippen LogP contribution < -0.4 is 4.90 Å². The first-order valence-corrected chi connectivity index (χ1v) is 7.78. The zero-order valence-electron chi connectivity index (χ0n) is 13.4. The summed E-state index contributed by atoms with van der Waals surface area (Å²) in [4.78, 5) is 27.2. The molecule has 120 valence electrons. The normalized spacial score (nSPS) is 16.5. The molecule has 0 aliphatic carbocycles. The number of halogens is 1. The Hall–Kier alpha value is -1.91.